The van der Waals surface area contributed by atoms with Crippen LogP contribution in [0.15, 0.2) is 0 Å². The summed E-state index contributed by atoms with van der Waals surface area (Å²) in [7, 11) is 4.89. The van der Waals surface area contributed by atoms with E-state index in [0.29, 0.717) is 0 Å². The summed E-state index contributed by atoms with van der Waals surface area (Å²) in [6.07, 6.45) is 30.2. The van der Waals surface area contributed by atoms with Crippen LogP contribution in [0.2, 0.25) is 0 Å². The second-order valence-corrected chi connectivity index (χ2v) is 10.6. The minimum absolute atomic E-state index is 0. The molecule has 0 amide bonds. The fourth-order valence-corrected chi connectivity index (χ4v) is 4.61. The van der Waals surface area contributed by atoms with Crippen LogP contribution in [-0.4, -0.2) is 37.4 Å². The van der Waals surface area contributed by atoms with E-state index in [1.165, 1.54) is 152 Å². The molecule has 0 N–H and O–H groups in total. The monoisotopic (exact) mass is 463 g/mol. The lowest BCUT2D eigenvalue weighted by molar-refractivity contribution is -0.890. The molecule has 0 spiro atoms. The summed E-state index contributed by atoms with van der Waals surface area (Å²) in [6.45, 7) is 5.05. The SMILES string of the molecule is CCCCCCCCCCCCCC[N+](C)(C)CCCCCCCCCCCS.[Cl-]. The molecule has 0 aromatic carbocycles. The number of hydrogen-bond acceptors (Lipinski definition) is 1. The molecule has 0 aliphatic heterocycles. The van der Waals surface area contributed by atoms with Crippen molar-refractivity contribution in [2.24, 2.45) is 0 Å². The number of nitrogens with zero attached hydrogens (tertiary/aromatic N) is 1. The number of quaternary nitrogens is 1. The first-order valence-electron chi connectivity index (χ1n) is 13.6. The molecule has 0 aromatic rings. The molecule has 3 heteroatoms. The van der Waals surface area contributed by atoms with Gasteiger partial charge in [0.05, 0.1) is 27.2 Å². The highest BCUT2D eigenvalue weighted by Gasteiger charge is 2.13. The highest BCUT2D eigenvalue weighted by atomic mass is 35.5. The van der Waals surface area contributed by atoms with Crippen LogP contribution in [0.3, 0.4) is 0 Å². The molecular weight excluding hydrogens is 406 g/mol. The van der Waals surface area contributed by atoms with Crippen LogP contribution in [0.1, 0.15) is 142 Å². The van der Waals surface area contributed by atoms with Crippen LogP contribution in [-0.2, 0) is 0 Å². The van der Waals surface area contributed by atoms with Crippen molar-refractivity contribution in [3.63, 3.8) is 0 Å². The smallest absolute Gasteiger partial charge is 0.0782 e. The van der Waals surface area contributed by atoms with E-state index in [2.05, 4.69) is 33.6 Å². The minimum Gasteiger partial charge on any atom is -1.00 e. The van der Waals surface area contributed by atoms with Gasteiger partial charge in [0.2, 0.25) is 0 Å². The second-order valence-electron chi connectivity index (χ2n) is 10.2. The minimum atomic E-state index is 0. The van der Waals surface area contributed by atoms with Gasteiger partial charge in [0, 0.05) is 0 Å². The van der Waals surface area contributed by atoms with Crippen molar-refractivity contribution in [2.45, 2.75) is 142 Å². The van der Waals surface area contributed by atoms with Crippen molar-refractivity contribution in [3.05, 3.63) is 0 Å². The Morgan fingerprint density at radius 2 is 0.700 bits per heavy atom. The number of hydrogen-bond donors (Lipinski definition) is 1. The van der Waals surface area contributed by atoms with Crippen LogP contribution in [0, 0.1) is 0 Å². The van der Waals surface area contributed by atoms with Crippen molar-refractivity contribution in [1.82, 2.24) is 0 Å². The predicted molar refractivity (Wildman–Crippen MR) is 138 cm³/mol. The van der Waals surface area contributed by atoms with Gasteiger partial charge in [-0.1, -0.05) is 110 Å². The summed E-state index contributed by atoms with van der Waals surface area (Å²) >= 11 is 4.28. The maximum atomic E-state index is 4.28. The first kappa shape index (κ1) is 32.8. The molecule has 0 radical (unpaired) electrons. The van der Waals surface area contributed by atoms with Crippen LogP contribution in [0.4, 0.5) is 0 Å². The highest BCUT2D eigenvalue weighted by Crippen LogP contribution is 2.14. The number of rotatable bonds is 24. The first-order valence-corrected chi connectivity index (χ1v) is 14.2. The third kappa shape index (κ3) is 26.6. The van der Waals surface area contributed by atoms with Crippen molar-refractivity contribution in [3.8, 4) is 0 Å². The van der Waals surface area contributed by atoms with Gasteiger partial charge in [-0.2, -0.15) is 12.6 Å². The lowest BCUT2D eigenvalue weighted by atomic mass is 10.0. The fraction of sp³-hybridized carbons (Fsp3) is 1.00. The van der Waals surface area contributed by atoms with E-state index in [9.17, 15) is 0 Å². The molecule has 0 unspecified atom stereocenters. The zero-order valence-electron chi connectivity index (χ0n) is 21.2. The number of thiol groups is 1. The Labute approximate surface area is 204 Å². The zero-order valence-corrected chi connectivity index (χ0v) is 22.9. The molecular formula is C27H58ClNS. The lowest BCUT2D eigenvalue weighted by Gasteiger charge is -2.30. The Morgan fingerprint density at radius 3 is 1.00 bits per heavy atom. The fourth-order valence-electron chi connectivity index (χ4n) is 4.38. The summed E-state index contributed by atoms with van der Waals surface area (Å²) in [5, 5.41) is 0. The van der Waals surface area contributed by atoms with E-state index in [4.69, 9.17) is 0 Å². The molecule has 0 rings (SSSR count). The molecule has 0 saturated heterocycles. The molecule has 0 aromatic heterocycles. The summed E-state index contributed by atoms with van der Waals surface area (Å²) in [5.41, 5.74) is 0. The summed E-state index contributed by atoms with van der Waals surface area (Å²) < 4.78 is 1.24. The van der Waals surface area contributed by atoms with E-state index < -0.39 is 0 Å². The molecule has 0 saturated carbocycles. The quantitative estimate of drug-likeness (QED) is 0.0981. The summed E-state index contributed by atoms with van der Waals surface area (Å²) in [6, 6.07) is 0. The van der Waals surface area contributed by atoms with Gasteiger partial charge < -0.3 is 16.9 Å². The van der Waals surface area contributed by atoms with Gasteiger partial charge in [0.25, 0.3) is 0 Å². The van der Waals surface area contributed by atoms with E-state index in [1.807, 2.05) is 0 Å². The topological polar surface area (TPSA) is 0 Å². The highest BCUT2D eigenvalue weighted by molar-refractivity contribution is 7.80. The van der Waals surface area contributed by atoms with Gasteiger partial charge in [-0.25, -0.2) is 0 Å². The molecule has 30 heavy (non-hydrogen) atoms. The normalized spacial score (nSPS) is 11.6. The van der Waals surface area contributed by atoms with Crippen molar-refractivity contribution >= 4 is 12.6 Å². The summed E-state index contributed by atoms with van der Waals surface area (Å²) in [4.78, 5) is 0. The Kier molecular flexibility index (Phi) is 28.3. The molecule has 0 fully saturated rings. The maximum absolute atomic E-state index is 4.28. The molecule has 0 atom stereocenters. The van der Waals surface area contributed by atoms with Crippen molar-refractivity contribution in [2.75, 3.05) is 32.9 Å². The Hall–Kier alpha value is 0.600. The zero-order chi connectivity index (χ0) is 21.5. The first-order chi connectivity index (χ1) is 14.1. The second kappa shape index (κ2) is 25.9. The van der Waals surface area contributed by atoms with Crippen LogP contribution in [0.25, 0.3) is 0 Å². The Balaban J connectivity index is 0. The van der Waals surface area contributed by atoms with Crippen LogP contribution in [0.5, 0.6) is 0 Å². The average Bonchev–Trinajstić information content (AvgIpc) is 2.70. The Bertz CT molecular complexity index is 309. The summed E-state index contributed by atoms with van der Waals surface area (Å²) in [5.74, 6) is 1.06. The van der Waals surface area contributed by atoms with E-state index in [-0.39, 0.29) is 12.4 Å². The maximum Gasteiger partial charge on any atom is 0.0782 e. The van der Waals surface area contributed by atoms with Gasteiger partial charge in [0.1, 0.15) is 0 Å². The standard InChI is InChI=1S/C27H57NS.ClH/c1-4-5-6-7-8-9-10-11-13-16-19-22-25-28(2,3)26-23-20-17-14-12-15-18-21-24-27-29;/h4-27H2,1-3H3;1H. The molecule has 1 nitrogen and oxygen atoms in total. The van der Waals surface area contributed by atoms with E-state index in [0.717, 1.165) is 5.75 Å². The van der Waals surface area contributed by atoms with Gasteiger partial charge >= 0.3 is 0 Å². The van der Waals surface area contributed by atoms with E-state index in [1.54, 1.807) is 0 Å². The van der Waals surface area contributed by atoms with Crippen LogP contribution < -0.4 is 12.4 Å². The van der Waals surface area contributed by atoms with Crippen molar-refractivity contribution < 1.29 is 16.9 Å². The molecule has 184 valence electrons. The molecule has 0 aliphatic rings. The number of unbranched alkanes of at least 4 members (excludes halogenated alkanes) is 19. The third-order valence-corrected chi connectivity index (χ3v) is 6.85. The predicted octanol–water partition coefficient (Wildman–Crippen LogP) is 6.21. The van der Waals surface area contributed by atoms with Gasteiger partial charge in [-0.05, 0) is 37.9 Å². The largest absolute Gasteiger partial charge is 1.00 e. The van der Waals surface area contributed by atoms with Gasteiger partial charge in [-0.15, -0.1) is 0 Å². The average molecular weight is 464 g/mol. The molecule has 0 aliphatic carbocycles. The van der Waals surface area contributed by atoms with Gasteiger partial charge in [-0.3, -0.25) is 0 Å². The molecule has 0 bridgehead atoms. The van der Waals surface area contributed by atoms with Crippen molar-refractivity contribution in [1.29, 1.82) is 0 Å². The molecule has 0 heterocycles. The van der Waals surface area contributed by atoms with Crippen LogP contribution >= 0.6 is 12.6 Å². The van der Waals surface area contributed by atoms with Gasteiger partial charge in [0.15, 0.2) is 0 Å². The van der Waals surface area contributed by atoms with E-state index >= 15 is 0 Å². The number of halogens is 1. The third-order valence-electron chi connectivity index (χ3n) is 6.54. The lowest BCUT2D eigenvalue weighted by Crippen LogP contribution is -3.00. The Morgan fingerprint density at radius 1 is 0.433 bits per heavy atom.